The summed E-state index contributed by atoms with van der Waals surface area (Å²) in [6, 6.07) is 10.4. The van der Waals surface area contributed by atoms with Gasteiger partial charge in [-0.15, -0.1) is 0 Å². The van der Waals surface area contributed by atoms with Crippen LogP contribution < -0.4 is 0 Å². The molecule has 0 aromatic heterocycles. The second-order valence-corrected chi connectivity index (χ2v) is 7.17. The van der Waals surface area contributed by atoms with Gasteiger partial charge >= 0.3 is 5.97 Å². The van der Waals surface area contributed by atoms with Crippen molar-refractivity contribution in [1.82, 2.24) is 4.90 Å². The van der Waals surface area contributed by atoms with E-state index < -0.39 is 0 Å². The van der Waals surface area contributed by atoms with Crippen LogP contribution in [0.4, 0.5) is 0 Å². The number of carbonyl (C=O) groups excluding carboxylic acids is 1. The summed E-state index contributed by atoms with van der Waals surface area (Å²) in [5.74, 6) is 0.496. The molecule has 0 amide bonds. The molecule has 0 N–H and O–H groups in total. The molecule has 132 valence electrons. The Bertz CT molecular complexity index is 533. The predicted octanol–water partition coefficient (Wildman–Crippen LogP) is 2.91. The molecule has 4 heteroatoms. The Labute approximate surface area is 145 Å². The topological polar surface area (TPSA) is 38.8 Å². The Morgan fingerprint density at radius 3 is 2.92 bits per heavy atom. The summed E-state index contributed by atoms with van der Waals surface area (Å²) in [7, 11) is 1.52. The second kappa shape index (κ2) is 8.13. The van der Waals surface area contributed by atoms with Crippen LogP contribution in [0.5, 0.6) is 0 Å². The highest BCUT2D eigenvalue weighted by Gasteiger charge is 2.55. The molecule has 2 aliphatic rings. The van der Waals surface area contributed by atoms with Crippen LogP contribution in [0.15, 0.2) is 30.3 Å². The lowest BCUT2D eigenvalue weighted by Crippen LogP contribution is -2.37. The summed E-state index contributed by atoms with van der Waals surface area (Å²) >= 11 is 0. The van der Waals surface area contributed by atoms with Crippen LogP contribution >= 0.6 is 0 Å². The van der Waals surface area contributed by atoms with Gasteiger partial charge in [0.2, 0.25) is 0 Å². The van der Waals surface area contributed by atoms with Crippen molar-refractivity contribution in [2.24, 2.45) is 11.3 Å². The third-order valence-electron chi connectivity index (χ3n) is 5.67. The van der Waals surface area contributed by atoms with Crippen molar-refractivity contribution < 1.29 is 14.3 Å². The van der Waals surface area contributed by atoms with Gasteiger partial charge in [0.25, 0.3) is 0 Å². The summed E-state index contributed by atoms with van der Waals surface area (Å²) in [6.45, 7) is 4.49. The molecule has 1 aliphatic heterocycles. The monoisotopic (exact) mass is 331 g/mol. The Morgan fingerprint density at radius 2 is 2.12 bits per heavy atom. The standard InChI is InChI=1S/C20H29NO3/c1-23-19(22)20-11-5-9-18(20)15-21(16-20)12-6-13-24-14-10-17-7-3-2-4-8-17/h2-4,7-8,18H,5-6,9-16H2,1H3. The van der Waals surface area contributed by atoms with Crippen molar-refractivity contribution >= 4 is 5.97 Å². The van der Waals surface area contributed by atoms with Gasteiger partial charge in [-0.1, -0.05) is 36.8 Å². The Balaban J connectivity index is 1.34. The van der Waals surface area contributed by atoms with Gasteiger partial charge in [-0.25, -0.2) is 0 Å². The van der Waals surface area contributed by atoms with E-state index in [4.69, 9.17) is 9.47 Å². The van der Waals surface area contributed by atoms with E-state index in [1.54, 1.807) is 0 Å². The Kier molecular flexibility index (Phi) is 5.90. The molecule has 1 aliphatic carbocycles. The maximum Gasteiger partial charge on any atom is 0.313 e. The lowest BCUT2D eigenvalue weighted by atomic mass is 9.81. The van der Waals surface area contributed by atoms with E-state index in [1.165, 1.54) is 19.1 Å². The first kappa shape index (κ1) is 17.4. The Morgan fingerprint density at radius 1 is 1.29 bits per heavy atom. The van der Waals surface area contributed by atoms with Crippen LogP contribution in [0, 0.1) is 11.3 Å². The first-order chi connectivity index (χ1) is 11.7. The zero-order chi connectivity index (χ0) is 16.8. The highest BCUT2D eigenvalue weighted by atomic mass is 16.5. The number of likely N-dealkylation sites (tertiary alicyclic amines) is 1. The highest BCUT2D eigenvalue weighted by molar-refractivity contribution is 5.78. The van der Waals surface area contributed by atoms with Crippen molar-refractivity contribution in [2.75, 3.05) is 40.0 Å². The molecule has 4 nitrogen and oxygen atoms in total. The zero-order valence-electron chi connectivity index (χ0n) is 14.7. The van der Waals surface area contributed by atoms with Crippen molar-refractivity contribution in [3.63, 3.8) is 0 Å². The molecule has 0 spiro atoms. The fraction of sp³-hybridized carbons (Fsp3) is 0.650. The lowest BCUT2D eigenvalue weighted by Gasteiger charge is -2.25. The SMILES string of the molecule is COC(=O)C12CCCC1CN(CCCOCCc1ccccc1)C2. The summed E-state index contributed by atoms with van der Waals surface area (Å²) in [4.78, 5) is 14.7. The average molecular weight is 331 g/mol. The van der Waals surface area contributed by atoms with Crippen LogP contribution in [-0.4, -0.2) is 50.8 Å². The van der Waals surface area contributed by atoms with E-state index in [0.29, 0.717) is 5.92 Å². The minimum Gasteiger partial charge on any atom is -0.469 e. The molecular formula is C20H29NO3. The number of carbonyl (C=O) groups is 1. The quantitative estimate of drug-likeness (QED) is 0.542. The maximum atomic E-state index is 12.2. The molecule has 1 saturated carbocycles. The number of ether oxygens (including phenoxy) is 2. The summed E-state index contributed by atoms with van der Waals surface area (Å²) < 4.78 is 10.9. The lowest BCUT2D eigenvalue weighted by molar-refractivity contribution is -0.153. The minimum atomic E-state index is -0.219. The normalized spacial score (nSPS) is 26.5. The maximum absolute atomic E-state index is 12.2. The van der Waals surface area contributed by atoms with Crippen LogP contribution in [0.25, 0.3) is 0 Å². The number of esters is 1. The molecular weight excluding hydrogens is 302 g/mol. The highest BCUT2D eigenvalue weighted by Crippen LogP contribution is 2.49. The number of methoxy groups -OCH3 is 1. The minimum absolute atomic E-state index is 0.00612. The number of rotatable bonds is 8. The van der Waals surface area contributed by atoms with Gasteiger partial charge in [0, 0.05) is 26.2 Å². The van der Waals surface area contributed by atoms with Gasteiger partial charge in [0.1, 0.15) is 0 Å². The van der Waals surface area contributed by atoms with Gasteiger partial charge in [0.15, 0.2) is 0 Å². The van der Waals surface area contributed by atoms with Gasteiger partial charge in [-0.2, -0.15) is 0 Å². The van der Waals surface area contributed by atoms with E-state index in [-0.39, 0.29) is 11.4 Å². The molecule has 1 saturated heterocycles. The van der Waals surface area contributed by atoms with Crippen molar-refractivity contribution in [3.05, 3.63) is 35.9 Å². The summed E-state index contributed by atoms with van der Waals surface area (Å²) in [5.41, 5.74) is 1.10. The molecule has 3 rings (SSSR count). The smallest absolute Gasteiger partial charge is 0.313 e. The first-order valence-corrected chi connectivity index (χ1v) is 9.17. The summed E-state index contributed by atoms with van der Waals surface area (Å²) in [5, 5.41) is 0. The van der Waals surface area contributed by atoms with Crippen LogP contribution in [0.1, 0.15) is 31.2 Å². The fourth-order valence-corrected chi connectivity index (χ4v) is 4.43. The van der Waals surface area contributed by atoms with E-state index in [9.17, 15) is 4.79 Å². The molecule has 0 bridgehead atoms. The number of hydrogen-bond acceptors (Lipinski definition) is 4. The van der Waals surface area contributed by atoms with Crippen LogP contribution in [0.2, 0.25) is 0 Å². The summed E-state index contributed by atoms with van der Waals surface area (Å²) in [6.07, 6.45) is 5.32. The largest absolute Gasteiger partial charge is 0.469 e. The van der Waals surface area contributed by atoms with E-state index in [2.05, 4.69) is 29.2 Å². The number of hydrogen-bond donors (Lipinski definition) is 0. The molecule has 2 unspecified atom stereocenters. The van der Waals surface area contributed by atoms with Crippen molar-refractivity contribution in [3.8, 4) is 0 Å². The predicted molar refractivity (Wildman–Crippen MR) is 93.8 cm³/mol. The van der Waals surface area contributed by atoms with Gasteiger partial charge in [0.05, 0.1) is 19.1 Å². The molecule has 2 fully saturated rings. The van der Waals surface area contributed by atoms with Crippen LogP contribution in [0.3, 0.4) is 0 Å². The van der Waals surface area contributed by atoms with Crippen molar-refractivity contribution in [1.29, 1.82) is 0 Å². The van der Waals surface area contributed by atoms with Crippen molar-refractivity contribution in [2.45, 2.75) is 32.1 Å². The number of fused-ring (bicyclic) bond motifs is 1. The molecule has 0 radical (unpaired) electrons. The van der Waals surface area contributed by atoms with Gasteiger partial charge in [-0.3, -0.25) is 4.79 Å². The van der Waals surface area contributed by atoms with Gasteiger partial charge < -0.3 is 14.4 Å². The molecule has 1 aromatic rings. The Hall–Kier alpha value is -1.39. The zero-order valence-corrected chi connectivity index (χ0v) is 14.7. The molecule has 1 aromatic carbocycles. The van der Waals surface area contributed by atoms with E-state index >= 15 is 0 Å². The molecule has 24 heavy (non-hydrogen) atoms. The number of benzene rings is 1. The number of nitrogens with zero attached hydrogens (tertiary/aromatic N) is 1. The third kappa shape index (κ3) is 3.81. The molecule has 2 atom stereocenters. The molecule has 1 heterocycles. The second-order valence-electron chi connectivity index (χ2n) is 7.17. The van der Waals surface area contributed by atoms with Crippen LogP contribution in [-0.2, 0) is 20.7 Å². The first-order valence-electron chi connectivity index (χ1n) is 9.17. The van der Waals surface area contributed by atoms with E-state index in [1.807, 2.05) is 6.07 Å². The third-order valence-corrected chi connectivity index (χ3v) is 5.67. The fourth-order valence-electron chi connectivity index (χ4n) is 4.43. The van der Waals surface area contributed by atoms with E-state index in [0.717, 1.165) is 58.5 Å². The van der Waals surface area contributed by atoms with Gasteiger partial charge in [-0.05, 0) is 37.2 Å². The average Bonchev–Trinajstić information content (AvgIpc) is 3.16.